The summed E-state index contributed by atoms with van der Waals surface area (Å²) in [7, 11) is 0. The van der Waals surface area contributed by atoms with Crippen molar-refractivity contribution in [3.8, 4) is 17.1 Å². The molecule has 3 aromatic rings. The molecule has 1 aliphatic rings. The Morgan fingerprint density at radius 2 is 1.97 bits per heavy atom. The molecule has 0 saturated carbocycles. The summed E-state index contributed by atoms with van der Waals surface area (Å²) in [6, 6.07) is 15.5. The third-order valence-electron chi connectivity index (χ3n) is 4.40. The zero-order valence-corrected chi connectivity index (χ0v) is 16.0. The van der Waals surface area contributed by atoms with Gasteiger partial charge >= 0.3 is 0 Å². The van der Waals surface area contributed by atoms with E-state index in [9.17, 15) is 14.7 Å². The zero-order chi connectivity index (χ0) is 20.4. The van der Waals surface area contributed by atoms with Crippen molar-refractivity contribution in [2.45, 2.75) is 4.90 Å². The molecule has 2 aromatic carbocycles. The number of phenolic OH excluding ortho intramolecular Hbond substituents is 1. The van der Waals surface area contributed by atoms with Gasteiger partial charge in [0.2, 0.25) is 5.78 Å². The number of ketones is 1. The Balaban J connectivity index is 1.59. The quantitative estimate of drug-likeness (QED) is 0.558. The molecule has 1 amide bonds. The van der Waals surface area contributed by atoms with Gasteiger partial charge in [-0.25, -0.2) is 0 Å². The first kappa shape index (κ1) is 19.0. The Kier molecular flexibility index (Phi) is 5.24. The van der Waals surface area contributed by atoms with E-state index in [1.54, 1.807) is 30.3 Å². The average molecular weight is 407 g/mol. The van der Waals surface area contributed by atoms with Crippen molar-refractivity contribution in [3.05, 3.63) is 76.4 Å². The minimum atomic E-state index is -0.488. The molecule has 0 bridgehead atoms. The van der Waals surface area contributed by atoms with E-state index in [0.29, 0.717) is 27.6 Å². The highest BCUT2D eigenvalue weighted by atomic mass is 32.2. The molecule has 29 heavy (non-hydrogen) atoms. The lowest BCUT2D eigenvalue weighted by Gasteiger charge is -2.07. The van der Waals surface area contributed by atoms with E-state index in [1.165, 1.54) is 23.9 Å². The first-order chi connectivity index (χ1) is 14.1. The number of carbonyl (C=O) groups is 2. The highest BCUT2D eigenvalue weighted by Crippen LogP contribution is 2.41. The molecule has 6 nitrogen and oxygen atoms in total. The molecule has 4 rings (SSSR count). The summed E-state index contributed by atoms with van der Waals surface area (Å²) in [4.78, 5) is 26.1. The number of nitrogens with one attached hydrogen (secondary N) is 1. The summed E-state index contributed by atoms with van der Waals surface area (Å²) in [5.41, 5.74) is 1.38. The van der Waals surface area contributed by atoms with Crippen LogP contribution in [0.25, 0.3) is 17.4 Å². The fourth-order valence-electron chi connectivity index (χ4n) is 2.99. The molecule has 0 unspecified atom stereocenters. The van der Waals surface area contributed by atoms with Crippen LogP contribution in [-0.2, 0) is 0 Å². The number of carbonyl (C=O) groups excluding carboxylic acids is 2. The van der Waals surface area contributed by atoms with Crippen LogP contribution in [0.4, 0.5) is 0 Å². The summed E-state index contributed by atoms with van der Waals surface area (Å²) < 4.78 is 5.84. The van der Waals surface area contributed by atoms with Gasteiger partial charge in [0.15, 0.2) is 0 Å². The van der Waals surface area contributed by atoms with Gasteiger partial charge in [0, 0.05) is 22.6 Å². The molecule has 3 N–H and O–H groups in total. The third kappa shape index (κ3) is 3.83. The second-order valence-corrected chi connectivity index (χ2v) is 7.43. The molecule has 0 fully saturated rings. The summed E-state index contributed by atoms with van der Waals surface area (Å²) in [5, 5.41) is 21.3. The zero-order valence-electron chi connectivity index (χ0n) is 15.2. The monoisotopic (exact) mass is 407 g/mol. The maximum Gasteiger partial charge on any atom is 0.255 e. The second-order valence-electron chi connectivity index (χ2n) is 6.35. The number of benzene rings is 2. The first-order valence-electron chi connectivity index (χ1n) is 8.92. The molecule has 146 valence electrons. The van der Waals surface area contributed by atoms with Crippen molar-refractivity contribution in [2.75, 3.05) is 13.2 Å². The van der Waals surface area contributed by atoms with Gasteiger partial charge in [0.05, 0.1) is 17.1 Å². The van der Waals surface area contributed by atoms with Gasteiger partial charge in [-0.1, -0.05) is 23.9 Å². The lowest BCUT2D eigenvalue weighted by Crippen LogP contribution is -2.26. The van der Waals surface area contributed by atoms with Gasteiger partial charge < -0.3 is 19.9 Å². The molecule has 0 radical (unpaired) electrons. The van der Waals surface area contributed by atoms with Crippen LogP contribution in [0.15, 0.2) is 68.8 Å². The van der Waals surface area contributed by atoms with Crippen molar-refractivity contribution in [1.82, 2.24) is 5.32 Å². The fraction of sp³-hybridized carbons (Fsp3) is 0.0909. The summed E-state index contributed by atoms with van der Waals surface area (Å²) in [6.07, 6.45) is 1.70. The minimum Gasteiger partial charge on any atom is -0.507 e. The van der Waals surface area contributed by atoms with E-state index in [-0.39, 0.29) is 30.2 Å². The molecule has 1 aliphatic heterocycles. The minimum absolute atomic E-state index is 0.0315. The van der Waals surface area contributed by atoms with Crippen LogP contribution in [0.3, 0.4) is 0 Å². The Bertz CT molecular complexity index is 1130. The van der Waals surface area contributed by atoms with Gasteiger partial charge in [-0.2, -0.15) is 0 Å². The normalized spacial score (nSPS) is 14.2. The lowest BCUT2D eigenvalue weighted by molar-refractivity contribution is 0.0941. The maximum atomic E-state index is 12.5. The number of hydrogen-bond acceptors (Lipinski definition) is 6. The van der Waals surface area contributed by atoms with Crippen LogP contribution in [0.1, 0.15) is 26.5 Å². The Morgan fingerprint density at radius 1 is 1.14 bits per heavy atom. The number of fused-ring (bicyclic) bond motifs is 1. The fourth-order valence-corrected chi connectivity index (χ4v) is 4.02. The topological polar surface area (TPSA) is 99.8 Å². The van der Waals surface area contributed by atoms with Crippen molar-refractivity contribution < 1.29 is 24.2 Å². The van der Waals surface area contributed by atoms with E-state index in [2.05, 4.69) is 5.32 Å². The number of rotatable bonds is 5. The van der Waals surface area contributed by atoms with Gasteiger partial charge in [0.1, 0.15) is 17.3 Å². The molecule has 0 atom stereocenters. The molecule has 0 spiro atoms. The van der Waals surface area contributed by atoms with E-state index >= 15 is 0 Å². The number of amides is 1. The predicted octanol–water partition coefficient (Wildman–Crippen LogP) is 3.70. The summed E-state index contributed by atoms with van der Waals surface area (Å²) >= 11 is 1.41. The Hall–Kier alpha value is -3.29. The van der Waals surface area contributed by atoms with Crippen molar-refractivity contribution in [2.24, 2.45) is 0 Å². The van der Waals surface area contributed by atoms with Gasteiger partial charge in [-0.3, -0.25) is 9.59 Å². The van der Waals surface area contributed by atoms with Crippen LogP contribution < -0.4 is 5.32 Å². The maximum absolute atomic E-state index is 12.5. The Morgan fingerprint density at radius 3 is 2.76 bits per heavy atom. The number of furan rings is 1. The average Bonchev–Trinajstić information content (AvgIpc) is 3.32. The van der Waals surface area contributed by atoms with Crippen molar-refractivity contribution in [3.63, 3.8) is 0 Å². The molecule has 7 heteroatoms. The largest absolute Gasteiger partial charge is 0.507 e. The predicted molar refractivity (Wildman–Crippen MR) is 110 cm³/mol. The van der Waals surface area contributed by atoms with Gasteiger partial charge in [-0.05, 0) is 48.5 Å². The number of hydrogen-bond donors (Lipinski definition) is 3. The standard InChI is InChI=1S/C22H17NO5S/c24-10-9-23-22(27)16-11-13(5-7-17(16)25)18-8-6-14(28-18)12-20-21(26)15-3-1-2-4-19(15)29-20/h1-8,11-12,24-25H,9-10H2,(H,23,27)/b20-12-. The smallest absolute Gasteiger partial charge is 0.255 e. The van der Waals surface area contributed by atoms with Gasteiger partial charge in [-0.15, -0.1) is 0 Å². The van der Waals surface area contributed by atoms with E-state index in [1.807, 2.05) is 18.2 Å². The van der Waals surface area contributed by atoms with Crippen molar-refractivity contribution in [1.29, 1.82) is 0 Å². The molecule has 0 saturated heterocycles. The highest BCUT2D eigenvalue weighted by Gasteiger charge is 2.25. The number of aromatic hydroxyl groups is 1. The number of Topliss-reactive ketones (excluding diaryl/α,β-unsaturated/α-hetero) is 1. The van der Waals surface area contributed by atoms with E-state index in [0.717, 1.165) is 4.90 Å². The molecular formula is C22H17NO5S. The van der Waals surface area contributed by atoms with Crippen LogP contribution >= 0.6 is 11.8 Å². The van der Waals surface area contributed by atoms with Gasteiger partial charge in [0.25, 0.3) is 5.91 Å². The lowest BCUT2D eigenvalue weighted by atomic mass is 10.1. The molecule has 0 aliphatic carbocycles. The second kappa shape index (κ2) is 7.98. The van der Waals surface area contributed by atoms with Crippen LogP contribution in [0.2, 0.25) is 0 Å². The number of aliphatic hydroxyl groups excluding tert-OH is 1. The molecular weight excluding hydrogens is 390 g/mol. The van der Waals surface area contributed by atoms with E-state index < -0.39 is 5.91 Å². The number of phenols is 1. The number of aliphatic hydroxyl groups is 1. The number of thioether (sulfide) groups is 1. The highest BCUT2D eigenvalue weighted by molar-refractivity contribution is 8.04. The van der Waals surface area contributed by atoms with Crippen LogP contribution in [0, 0.1) is 0 Å². The van der Waals surface area contributed by atoms with Crippen LogP contribution in [0.5, 0.6) is 5.75 Å². The summed E-state index contributed by atoms with van der Waals surface area (Å²) in [5.74, 6) is 0.335. The molecule has 2 heterocycles. The SMILES string of the molecule is O=C(NCCO)c1cc(-c2ccc(/C=C3\Sc4ccccc4C3=O)o2)ccc1O. The number of allylic oxidation sites excluding steroid dienone is 1. The molecule has 1 aromatic heterocycles. The first-order valence-corrected chi connectivity index (χ1v) is 9.74. The summed E-state index contributed by atoms with van der Waals surface area (Å²) in [6.45, 7) is -0.0991. The van der Waals surface area contributed by atoms with Crippen LogP contribution in [-0.4, -0.2) is 35.1 Å². The van der Waals surface area contributed by atoms with Crippen molar-refractivity contribution >= 4 is 29.5 Å². The van der Waals surface area contributed by atoms with E-state index in [4.69, 9.17) is 9.52 Å². The Labute approximate surface area is 170 Å². The third-order valence-corrected chi connectivity index (χ3v) is 5.50.